The average molecular weight is 835 g/mol. The first-order valence-corrected chi connectivity index (χ1v) is 20.2. The fourth-order valence-corrected chi connectivity index (χ4v) is 9.02. The van der Waals surface area contributed by atoms with E-state index >= 15 is 0 Å². The predicted octanol–water partition coefficient (Wildman–Crippen LogP) is 5.59. The monoisotopic (exact) mass is 834 g/mol. The zero-order valence-electron chi connectivity index (χ0n) is 33.9. The van der Waals surface area contributed by atoms with Crippen molar-refractivity contribution >= 4 is 46.7 Å². The molecule has 3 aliphatic rings. The van der Waals surface area contributed by atoms with E-state index in [0.717, 1.165) is 62.7 Å². The Hall–Kier alpha value is -6.24. The van der Waals surface area contributed by atoms with Gasteiger partial charge in [-0.25, -0.2) is 14.9 Å². The van der Waals surface area contributed by atoms with Crippen LogP contribution in [0.1, 0.15) is 94.1 Å². The van der Waals surface area contributed by atoms with E-state index in [4.69, 9.17) is 26.8 Å². The average Bonchev–Trinajstić information content (AvgIpc) is 3.47. The molecule has 4 N–H and O–H groups in total. The lowest BCUT2D eigenvalue weighted by Crippen LogP contribution is -2.74. The third kappa shape index (κ3) is 8.17. The molecule has 0 unspecified atom stereocenters. The maximum absolute atomic E-state index is 13.4. The molecule has 16 heteroatoms. The van der Waals surface area contributed by atoms with E-state index in [1.807, 2.05) is 12.1 Å². The summed E-state index contributed by atoms with van der Waals surface area (Å²) in [6, 6.07) is 17.8. The largest absolute Gasteiger partial charge is 0.494 e. The smallest absolute Gasteiger partial charge is 0.267 e. The molecule has 4 heterocycles. The highest BCUT2D eigenvalue weighted by molar-refractivity contribution is 6.35. The summed E-state index contributed by atoms with van der Waals surface area (Å²) in [4.78, 5) is 64.8. The number of halogens is 1. The minimum absolute atomic E-state index is 0.142. The van der Waals surface area contributed by atoms with Crippen LogP contribution in [0.15, 0.2) is 66.9 Å². The van der Waals surface area contributed by atoms with Gasteiger partial charge >= 0.3 is 0 Å². The number of nitriles is 1. The maximum atomic E-state index is 13.4. The van der Waals surface area contributed by atoms with E-state index in [2.05, 4.69) is 58.8 Å². The van der Waals surface area contributed by atoms with Crippen molar-refractivity contribution in [3.63, 3.8) is 0 Å². The molecule has 0 spiro atoms. The number of pyridine rings is 2. The number of ether oxygens (including phenoxy) is 2. The molecular weight excluding hydrogens is 788 g/mol. The Labute approximate surface area is 353 Å². The number of carbonyl (C=O) groups is 4. The van der Waals surface area contributed by atoms with Crippen LogP contribution in [-0.2, 0) is 0 Å². The number of unbranched alkanes of at least 4 members (excludes halogenated alkanes) is 2. The zero-order valence-corrected chi connectivity index (χ0v) is 34.7. The standard InChI is InChI=1S/C44H47ClN8O7/c1-43(2)41(44(3,4)42(43)60-29-10-8-26(24-46)32(45)23-29)50-37(55)27-9-15-35(48-25-27)52-19-17-51(18-20-52)16-6-5-7-21-59-28-11-12-30-31(22-28)40(58)53(39(30)57)34-14-13-33(36(47)54)49-38(34)56/h8-15,22-23,25,41-42H,5-7,16-21H2,1-4H3,(H2,47,54)(H,49,56)(H,50,55)/t41-,42-. The number of imide groups is 1. The van der Waals surface area contributed by atoms with Crippen molar-refractivity contribution in [2.75, 3.05) is 49.1 Å². The summed E-state index contributed by atoms with van der Waals surface area (Å²) in [6.07, 6.45) is 4.19. The SMILES string of the molecule is CC1(C)[C@H](NC(=O)c2ccc(N3CCN(CCCCCOc4ccc5c(c4)C(=O)N(c4ccc(C(N)=O)nc4O)C5=O)CC3)nc2)C(C)(C)[C@H]1Oc1ccc(C#N)c(Cl)c1. The first kappa shape index (κ1) is 41.9. The molecule has 1 saturated carbocycles. The van der Waals surface area contributed by atoms with Gasteiger partial charge < -0.3 is 30.5 Å². The lowest BCUT2D eigenvalue weighted by molar-refractivity contribution is -0.164. The highest BCUT2D eigenvalue weighted by atomic mass is 35.5. The first-order valence-electron chi connectivity index (χ1n) is 19.9. The van der Waals surface area contributed by atoms with Gasteiger partial charge in [0.05, 0.1) is 33.9 Å². The van der Waals surface area contributed by atoms with Crippen LogP contribution in [0.4, 0.5) is 11.5 Å². The number of anilines is 2. The second-order valence-corrected chi connectivity index (χ2v) is 16.9. The molecule has 60 heavy (non-hydrogen) atoms. The van der Waals surface area contributed by atoms with E-state index in [9.17, 15) is 29.5 Å². The molecule has 4 aromatic rings. The van der Waals surface area contributed by atoms with Crippen LogP contribution in [0.3, 0.4) is 0 Å². The van der Waals surface area contributed by atoms with Gasteiger partial charge in [-0.2, -0.15) is 5.26 Å². The fourth-order valence-electron chi connectivity index (χ4n) is 8.80. The van der Waals surface area contributed by atoms with Crippen LogP contribution in [0.5, 0.6) is 17.4 Å². The van der Waals surface area contributed by atoms with Gasteiger partial charge in [0.25, 0.3) is 23.6 Å². The number of carbonyl (C=O) groups excluding carboxylic acids is 4. The van der Waals surface area contributed by atoms with Crippen LogP contribution in [-0.4, -0.2) is 95.1 Å². The molecule has 0 atom stereocenters. The Morgan fingerprint density at radius 3 is 2.30 bits per heavy atom. The van der Waals surface area contributed by atoms with Crippen molar-refractivity contribution in [2.45, 2.75) is 59.1 Å². The van der Waals surface area contributed by atoms with Gasteiger partial charge in [-0.05, 0) is 80.4 Å². The summed E-state index contributed by atoms with van der Waals surface area (Å²) in [5, 5.41) is 23.1. The van der Waals surface area contributed by atoms with Gasteiger partial charge in [-0.15, -0.1) is 0 Å². The number of nitrogens with one attached hydrogen (secondary N) is 1. The van der Waals surface area contributed by atoms with Gasteiger partial charge in [0.2, 0.25) is 5.88 Å². The third-order valence-corrected chi connectivity index (χ3v) is 12.0. The molecular formula is C44H47ClN8O7. The van der Waals surface area contributed by atoms with Crippen molar-refractivity contribution in [3.05, 3.63) is 99.8 Å². The number of fused-ring (bicyclic) bond motifs is 1. The van der Waals surface area contributed by atoms with E-state index < -0.39 is 23.6 Å². The summed E-state index contributed by atoms with van der Waals surface area (Å²) in [7, 11) is 0. The number of primary amides is 1. The van der Waals surface area contributed by atoms with Gasteiger partial charge in [-0.1, -0.05) is 39.3 Å². The molecule has 15 nitrogen and oxygen atoms in total. The Morgan fingerprint density at radius 1 is 0.933 bits per heavy atom. The number of benzene rings is 2. The van der Waals surface area contributed by atoms with Crippen LogP contribution in [0.25, 0.3) is 0 Å². The van der Waals surface area contributed by atoms with E-state index in [1.54, 1.807) is 30.5 Å². The molecule has 2 aromatic heterocycles. The quantitative estimate of drug-likeness (QED) is 0.105. The highest BCUT2D eigenvalue weighted by Gasteiger charge is 2.64. The van der Waals surface area contributed by atoms with Crippen LogP contribution >= 0.6 is 11.6 Å². The zero-order chi connectivity index (χ0) is 42.9. The molecule has 2 aromatic carbocycles. The van der Waals surface area contributed by atoms with Crippen molar-refractivity contribution in [3.8, 4) is 23.4 Å². The number of amides is 4. The Kier molecular flexibility index (Phi) is 11.7. The molecule has 7 rings (SSSR count). The van der Waals surface area contributed by atoms with E-state index in [-0.39, 0.29) is 51.4 Å². The summed E-state index contributed by atoms with van der Waals surface area (Å²) >= 11 is 6.24. The number of aromatic nitrogens is 2. The number of hydrogen-bond donors (Lipinski definition) is 3. The van der Waals surface area contributed by atoms with E-state index in [1.165, 1.54) is 24.3 Å². The summed E-state index contributed by atoms with van der Waals surface area (Å²) in [6.45, 7) is 13.1. The van der Waals surface area contributed by atoms with Gasteiger partial charge in [-0.3, -0.25) is 24.1 Å². The molecule has 312 valence electrons. The third-order valence-electron chi connectivity index (χ3n) is 11.7. The van der Waals surface area contributed by atoms with E-state index in [0.29, 0.717) is 34.3 Å². The van der Waals surface area contributed by atoms with Crippen LogP contribution < -0.4 is 30.3 Å². The highest BCUT2D eigenvalue weighted by Crippen LogP contribution is 2.55. The molecule has 4 amide bonds. The fraction of sp³-hybridized carbons (Fsp3) is 0.386. The molecule has 1 aliphatic carbocycles. The summed E-state index contributed by atoms with van der Waals surface area (Å²) in [5.41, 5.74) is 5.32. The number of nitrogens with zero attached hydrogens (tertiary/aromatic N) is 6. The van der Waals surface area contributed by atoms with Gasteiger partial charge in [0.15, 0.2) is 0 Å². The number of aromatic hydroxyl groups is 1. The first-order chi connectivity index (χ1) is 28.6. The van der Waals surface area contributed by atoms with Crippen molar-refractivity contribution in [1.82, 2.24) is 20.2 Å². The Bertz CT molecular complexity index is 2360. The van der Waals surface area contributed by atoms with Crippen LogP contribution in [0.2, 0.25) is 5.02 Å². The molecule has 0 bridgehead atoms. The minimum atomic E-state index is -0.850. The Morgan fingerprint density at radius 2 is 1.65 bits per heavy atom. The maximum Gasteiger partial charge on any atom is 0.267 e. The molecule has 1 saturated heterocycles. The summed E-state index contributed by atoms with van der Waals surface area (Å²) < 4.78 is 12.3. The molecule has 0 radical (unpaired) electrons. The van der Waals surface area contributed by atoms with Gasteiger partial charge in [0, 0.05) is 55.3 Å². The minimum Gasteiger partial charge on any atom is -0.494 e. The molecule has 2 aliphatic heterocycles. The normalized spacial score (nSPS) is 19.3. The second-order valence-electron chi connectivity index (χ2n) is 16.5. The van der Waals surface area contributed by atoms with Gasteiger partial charge in [0.1, 0.15) is 40.9 Å². The second kappa shape index (κ2) is 16.8. The Balaban J connectivity index is 0.814. The van der Waals surface area contributed by atoms with Crippen molar-refractivity contribution in [1.29, 1.82) is 5.26 Å². The number of rotatable bonds is 14. The topological polar surface area (TPSA) is 204 Å². The van der Waals surface area contributed by atoms with Crippen LogP contribution in [0, 0.1) is 22.2 Å². The number of nitrogens with two attached hydrogens (primary N) is 1. The molecule has 2 fully saturated rings. The van der Waals surface area contributed by atoms with Crippen molar-refractivity contribution < 1.29 is 33.8 Å². The summed E-state index contributed by atoms with van der Waals surface area (Å²) in [5.74, 6) is -1.06. The number of piperazine rings is 1. The number of hydrogen-bond acceptors (Lipinski definition) is 12. The lowest BCUT2D eigenvalue weighted by atomic mass is 9.49. The predicted molar refractivity (Wildman–Crippen MR) is 224 cm³/mol. The van der Waals surface area contributed by atoms with Crippen molar-refractivity contribution in [2.24, 2.45) is 16.6 Å². The lowest BCUT2D eigenvalue weighted by Gasteiger charge is -2.63.